The van der Waals surface area contributed by atoms with E-state index >= 15 is 0 Å². The molecule has 0 aliphatic carbocycles. The van der Waals surface area contributed by atoms with E-state index in [0.717, 1.165) is 5.56 Å². The molecule has 0 atom stereocenters. The van der Waals surface area contributed by atoms with E-state index in [0.29, 0.717) is 29.4 Å². The van der Waals surface area contributed by atoms with E-state index in [1.54, 1.807) is 35.2 Å². The van der Waals surface area contributed by atoms with Crippen molar-refractivity contribution < 1.29 is 17.9 Å². The van der Waals surface area contributed by atoms with Crippen LogP contribution < -0.4 is 4.74 Å². The van der Waals surface area contributed by atoms with Gasteiger partial charge in [0.1, 0.15) is 5.75 Å². The van der Waals surface area contributed by atoms with Gasteiger partial charge in [-0.25, -0.2) is 8.42 Å². The van der Waals surface area contributed by atoms with Gasteiger partial charge in [0.05, 0.1) is 18.4 Å². The van der Waals surface area contributed by atoms with Gasteiger partial charge >= 0.3 is 0 Å². The minimum Gasteiger partial charge on any atom is -0.496 e. The smallest absolute Gasteiger partial charge is 0.257 e. The third-order valence-corrected chi connectivity index (χ3v) is 6.59. The van der Waals surface area contributed by atoms with E-state index in [1.807, 2.05) is 18.2 Å². The van der Waals surface area contributed by atoms with Crippen molar-refractivity contribution in [2.24, 2.45) is 0 Å². The van der Waals surface area contributed by atoms with Gasteiger partial charge in [-0.15, -0.1) is 0 Å². The number of benzene rings is 2. The standard InChI is InChI=1S/C19H21ClN2O4S/c1-26-18-8-7-16(20)13-17(18)19(23)21-9-11-22(12-10-21)27(24,25)14-15-5-3-2-4-6-15/h2-8,13H,9-12,14H2,1H3. The van der Waals surface area contributed by atoms with Gasteiger partial charge in [0, 0.05) is 31.2 Å². The summed E-state index contributed by atoms with van der Waals surface area (Å²) in [6.07, 6.45) is 0. The Morgan fingerprint density at radius 2 is 1.74 bits per heavy atom. The number of piperazine rings is 1. The number of methoxy groups -OCH3 is 1. The van der Waals surface area contributed by atoms with Crippen LogP contribution in [0.1, 0.15) is 15.9 Å². The number of carbonyl (C=O) groups is 1. The van der Waals surface area contributed by atoms with Crippen LogP contribution in [0.15, 0.2) is 48.5 Å². The van der Waals surface area contributed by atoms with Crippen molar-refractivity contribution in [2.75, 3.05) is 33.3 Å². The first-order valence-electron chi connectivity index (χ1n) is 8.55. The minimum atomic E-state index is -3.42. The molecule has 2 aromatic carbocycles. The maximum absolute atomic E-state index is 12.8. The predicted octanol–water partition coefficient (Wildman–Crippen LogP) is 2.64. The van der Waals surface area contributed by atoms with Gasteiger partial charge in [-0.1, -0.05) is 41.9 Å². The number of sulfonamides is 1. The van der Waals surface area contributed by atoms with Crippen LogP contribution in [0.5, 0.6) is 5.75 Å². The van der Waals surface area contributed by atoms with Crippen LogP contribution in [-0.4, -0.2) is 56.8 Å². The van der Waals surface area contributed by atoms with E-state index in [1.165, 1.54) is 11.4 Å². The number of carbonyl (C=O) groups excluding carboxylic acids is 1. The average molecular weight is 409 g/mol. The minimum absolute atomic E-state index is 0.0378. The van der Waals surface area contributed by atoms with E-state index in [4.69, 9.17) is 16.3 Å². The summed E-state index contributed by atoms with van der Waals surface area (Å²) in [6, 6.07) is 14.0. The summed E-state index contributed by atoms with van der Waals surface area (Å²) < 4.78 is 31.9. The molecule has 2 aromatic rings. The first-order chi connectivity index (χ1) is 12.9. The second-order valence-corrected chi connectivity index (χ2v) is 8.68. The molecule has 0 spiro atoms. The summed E-state index contributed by atoms with van der Waals surface area (Å²) in [4.78, 5) is 14.4. The lowest BCUT2D eigenvalue weighted by Crippen LogP contribution is -2.50. The average Bonchev–Trinajstić information content (AvgIpc) is 2.68. The second-order valence-electron chi connectivity index (χ2n) is 6.28. The quantitative estimate of drug-likeness (QED) is 0.762. The molecule has 1 amide bonds. The van der Waals surface area contributed by atoms with E-state index in [9.17, 15) is 13.2 Å². The summed E-state index contributed by atoms with van der Waals surface area (Å²) in [5.41, 5.74) is 1.13. The van der Waals surface area contributed by atoms with Gasteiger partial charge in [0.15, 0.2) is 0 Å². The van der Waals surface area contributed by atoms with Crippen LogP contribution >= 0.6 is 11.6 Å². The SMILES string of the molecule is COc1ccc(Cl)cc1C(=O)N1CCN(S(=O)(=O)Cc2ccccc2)CC1. The van der Waals surface area contributed by atoms with Gasteiger partial charge in [-0.2, -0.15) is 4.31 Å². The van der Waals surface area contributed by atoms with E-state index < -0.39 is 10.0 Å². The van der Waals surface area contributed by atoms with Crippen molar-refractivity contribution in [3.8, 4) is 5.75 Å². The van der Waals surface area contributed by atoms with Crippen molar-refractivity contribution in [2.45, 2.75) is 5.75 Å². The summed E-state index contributed by atoms with van der Waals surface area (Å²) in [5, 5.41) is 0.447. The van der Waals surface area contributed by atoms with Crippen molar-refractivity contribution in [3.63, 3.8) is 0 Å². The first kappa shape index (κ1) is 19.7. The molecule has 8 heteroatoms. The Labute approximate surface area is 164 Å². The Morgan fingerprint density at radius 1 is 1.07 bits per heavy atom. The number of rotatable bonds is 5. The van der Waals surface area contributed by atoms with Crippen molar-refractivity contribution in [1.82, 2.24) is 9.21 Å². The van der Waals surface area contributed by atoms with Crippen molar-refractivity contribution >= 4 is 27.5 Å². The van der Waals surface area contributed by atoms with Gasteiger partial charge in [0.2, 0.25) is 10.0 Å². The molecule has 0 aromatic heterocycles. The maximum atomic E-state index is 12.8. The molecular weight excluding hydrogens is 388 g/mol. The summed E-state index contributed by atoms with van der Waals surface area (Å²) >= 11 is 6.00. The normalized spacial score (nSPS) is 15.6. The van der Waals surface area contributed by atoms with Crippen molar-refractivity contribution in [1.29, 1.82) is 0 Å². The van der Waals surface area contributed by atoms with E-state index in [-0.39, 0.29) is 24.7 Å². The molecule has 1 aliphatic rings. The third kappa shape index (κ3) is 4.61. The monoisotopic (exact) mass is 408 g/mol. The van der Waals surface area contributed by atoms with E-state index in [2.05, 4.69) is 0 Å². The number of hydrogen-bond donors (Lipinski definition) is 0. The molecule has 0 bridgehead atoms. The van der Waals surface area contributed by atoms with Gasteiger partial charge in [-0.3, -0.25) is 4.79 Å². The summed E-state index contributed by atoms with van der Waals surface area (Å²) in [6.45, 7) is 1.18. The fraction of sp³-hybridized carbons (Fsp3) is 0.316. The first-order valence-corrected chi connectivity index (χ1v) is 10.5. The molecule has 27 heavy (non-hydrogen) atoms. The molecule has 0 N–H and O–H groups in total. The zero-order valence-corrected chi connectivity index (χ0v) is 16.5. The van der Waals surface area contributed by atoms with Crippen LogP contribution in [0.4, 0.5) is 0 Å². The zero-order chi connectivity index (χ0) is 19.4. The van der Waals surface area contributed by atoms with Crippen LogP contribution in [-0.2, 0) is 15.8 Å². The highest BCUT2D eigenvalue weighted by atomic mass is 35.5. The maximum Gasteiger partial charge on any atom is 0.257 e. The highest BCUT2D eigenvalue weighted by Crippen LogP contribution is 2.25. The van der Waals surface area contributed by atoms with Crippen LogP contribution in [0.2, 0.25) is 5.02 Å². The third-order valence-electron chi connectivity index (χ3n) is 4.50. The fourth-order valence-corrected chi connectivity index (χ4v) is 4.75. The van der Waals surface area contributed by atoms with Gasteiger partial charge in [-0.05, 0) is 23.8 Å². The lowest BCUT2D eigenvalue weighted by molar-refractivity contribution is 0.0694. The molecule has 0 radical (unpaired) electrons. The van der Waals surface area contributed by atoms with Crippen molar-refractivity contribution in [3.05, 3.63) is 64.7 Å². The molecule has 3 rings (SSSR count). The molecule has 1 saturated heterocycles. The molecule has 6 nitrogen and oxygen atoms in total. The Hall–Kier alpha value is -2.09. The highest BCUT2D eigenvalue weighted by Gasteiger charge is 2.30. The number of nitrogens with zero attached hydrogens (tertiary/aromatic N) is 2. The molecule has 0 saturated carbocycles. The largest absolute Gasteiger partial charge is 0.496 e. The molecular formula is C19H21ClN2O4S. The van der Waals surface area contributed by atoms with Gasteiger partial charge < -0.3 is 9.64 Å². The fourth-order valence-electron chi connectivity index (χ4n) is 3.06. The summed E-state index contributed by atoms with van der Waals surface area (Å²) in [7, 11) is -1.93. The lowest BCUT2D eigenvalue weighted by atomic mass is 10.1. The van der Waals surface area contributed by atoms with Crippen LogP contribution in [0, 0.1) is 0 Å². The molecule has 1 fully saturated rings. The van der Waals surface area contributed by atoms with Gasteiger partial charge in [0.25, 0.3) is 5.91 Å². The molecule has 0 unspecified atom stereocenters. The highest BCUT2D eigenvalue weighted by molar-refractivity contribution is 7.88. The summed E-state index contributed by atoms with van der Waals surface area (Å²) in [5.74, 6) is 0.196. The zero-order valence-electron chi connectivity index (χ0n) is 15.0. The Kier molecular flexibility index (Phi) is 6.04. The predicted molar refractivity (Wildman–Crippen MR) is 105 cm³/mol. The molecule has 144 valence electrons. The number of halogens is 1. The lowest BCUT2D eigenvalue weighted by Gasteiger charge is -2.34. The molecule has 1 aliphatic heterocycles. The topological polar surface area (TPSA) is 66.9 Å². The Balaban J connectivity index is 1.66. The number of hydrogen-bond acceptors (Lipinski definition) is 4. The van der Waals surface area contributed by atoms with Crippen LogP contribution in [0.25, 0.3) is 0 Å². The second kappa shape index (κ2) is 8.29. The Morgan fingerprint density at radius 3 is 2.37 bits per heavy atom. The molecule has 1 heterocycles. The number of amides is 1. The Bertz CT molecular complexity index is 911. The number of ether oxygens (including phenoxy) is 1. The van der Waals surface area contributed by atoms with Crippen LogP contribution in [0.3, 0.4) is 0 Å².